The van der Waals surface area contributed by atoms with Gasteiger partial charge in [0, 0.05) is 39.7 Å². The zero-order chi connectivity index (χ0) is 50.1. The number of hydrogen-bond acceptors (Lipinski definition) is 3. The van der Waals surface area contributed by atoms with Crippen LogP contribution in [0.5, 0.6) is 0 Å². The molecule has 356 valence electrons. The molecule has 1 aromatic heterocycles. The van der Waals surface area contributed by atoms with Crippen molar-refractivity contribution in [3.8, 4) is 17.1 Å². The average molecular weight is 913 g/mol. The van der Waals surface area contributed by atoms with Gasteiger partial charge in [-0.3, -0.25) is 9.47 Å². The first-order chi connectivity index (χ1) is 31.9. The molecule has 0 aliphatic carbocycles. The Kier molecular flexibility index (Phi) is 11.3. The van der Waals surface area contributed by atoms with E-state index in [9.17, 15) is 0 Å². The Labute approximate surface area is 416 Å². The summed E-state index contributed by atoms with van der Waals surface area (Å²) in [5.74, 6) is 2.02. The molecule has 5 heteroatoms. The van der Waals surface area contributed by atoms with E-state index in [2.05, 4.69) is 267 Å². The van der Waals surface area contributed by atoms with E-state index in [1.54, 1.807) is 0 Å². The van der Waals surface area contributed by atoms with Crippen LogP contribution in [0.25, 0.3) is 17.1 Å². The van der Waals surface area contributed by atoms with E-state index < -0.39 is 0 Å². The van der Waals surface area contributed by atoms with Crippen LogP contribution in [0.3, 0.4) is 0 Å². The first-order valence-corrected chi connectivity index (χ1v) is 25.4. The molecule has 0 fully saturated rings. The fourth-order valence-electron chi connectivity index (χ4n) is 10.3. The lowest BCUT2D eigenvalue weighted by Gasteiger charge is -2.44. The molecule has 9 rings (SSSR count). The van der Waals surface area contributed by atoms with Crippen molar-refractivity contribution >= 4 is 57.5 Å². The molecule has 7 aromatic rings. The Balaban J connectivity index is 1.48. The van der Waals surface area contributed by atoms with Gasteiger partial charge in [-0.1, -0.05) is 191 Å². The number of nitrogens with zero attached hydrogens (tertiary/aromatic N) is 4. The standard InChI is InChI=1S/C64H77BN4/c1-40-31-53-55-54(32-40)68(50-37-46(63(14,15)16)34-47(38-50)64(17,18)19)58-56(66-57(69(58)48-23-21-20-22-24-48)41-25-27-42(28-26-41)59(2,3)4)65(55)51-39-43(60(5,6)7)29-30-52(51)67(53)49-35-44(61(8,9)10)33-45(36-49)62(11,12)13/h20-39H,1-19H3. The van der Waals surface area contributed by atoms with Crippen molar-refractivity contribution < 1.29 is 0 Å². The summed E-state index contributed by atoms with van der Waals surface area (Å²) in [6, 6.07) is 47.1. The Bertz CT molecular complexity index is 3040. The third-order valence-electron chi connectivity index (χ3n) is 14.7. The molecule has 0 spiro atoms. The van der Waals surface area contributed by atoms with Crippen LogP contribution in [0.15, 0.2) is 121 Å². The van der Waals surface area contributed by atoms with E-state index in [0.29, 0.717) is 0 Å². The van der Waals surface area contributed by atoms with Crippen LogP contribution in [0, 0.1) is 6.92 Å². The molecule has 2 aliphatic rings. The molecule has 0 amide bonds. The summed E-state index contributed by atoms with van der Waals surface area (Å²) in [6.45, 7) is 44.1. The van der Waals surface area contributed by atoms with Crippen LogP contribution in [-0.2, 0) is 32.5 Å². The zero-order valence-electron chi connectivity index (χ0n) is 45.4. The van der Waals surface area contributed by atoms with Crippen molar-refractivity contribution in [2.75, 3.05) is 9.80 Å². The van der Waals surface area contributed by atoms with Crippen molar-refractivity contribution in [2.24, 2.45) is 0 Å². The van der Waals surface area contributed by atoms with Gasteiger partial charge in [-0.2, -0.15) is 0 Å². The minimum atomic E-state index is -0.159. The predicted molar refractivity (Wildman–Crippen MR) is 300 cm³/mol. The fraction of sp³-hybridized carbons (Fsp3) is 0.391. The smallest absolute Gasteiger partial charge is 0.277 e. The molecular formula is C64H77BN4. The molecule has 3 heterocycles. The number of imidazole rings is 1. The van der Waals surface area contributed by atoms with Crippen molar-refractivity contribution in [1.29, 1.82) is 0 Å². The lowest BCUT2D eigenvalue weighted by atomic mass is 9.35. The minimum absolute atomic E-state index is 0.0185. The lowest BCUT2D eigenvalue weighted by molar-refractivity contribution is 0.568. The van der Waals surface area contributed by atoms with E-state index in [0.717, 1.165) is 34.2 Å². The van der Waals surface area contributed by atoms with Gasteiger partial charge in [0.1, 0.15) is 11.6 Å². The van der Waals surface area contributed by atoms with Crippen LogP contribution in [0.2, 0.25) is 0 Å². The first kappa shape index (κ1) is 48.2. The molecule has 6 aromatic carbocycles. The minimum Gasteiger partial charge on any atom is -0.311 e. The topological polar surface area (TPSA) is 24.3 Å². The molecule has 0 unspecified atom stereocenters. The maximum absolute atomic E-state index is 6.04. The van der Waals surface area contributed by atoms with Crippen LogP contribution in [0.1, 0.15) is 164 Å². The van der Waals surface area contributed by atoms with Gasteiger partial charge < -0.3 is 4.90 Å². The number of benzene rings is 6. The normalized spacial score (nSPS) is 14.2. The Morgan fingerprint density at radius 2 is 0.826 bits per heavy atom. The van der Waals surface area contributed by atoms with E-state index in [-0.39, 0.29) is 39.2 Å². The third-order valence-corrected chi connectivity index (χ3v) is 14.7. The van der Waals surface area contributed by atoms with Crippen molar-refractivity contribution in [3.05, 3.63) is 160 Å². The second-order valence-corrected chi connectivity index (χ2v) is 26.5. The van der Waals surface area contributed by atoms with Gasteiger partial charge in [0.15, 0.2) is 0 Å². The number of aryl methyl sites for hydroxylation is 1. The Morgan fingerprint density at radius 3 is 1.29 bits per heavy atom. The van der Waals surface area contributed by atoms with Crippen molar-refractivity contribution in [3.63, 3.8) is 0 Å². The highest BCUT2D eigenvalue weighted by atomic mass is 15.3. The Morgan fingerprint density at radius 1 is 0.391 bits per heavy atom. The summed E-state index contributed by atoms with van der Waals surface area (Å²) >= 11 is 0. The van der Waals surface area contributed by atoms with Gasteiger partial charge in [0.05, 0.1) is 5.59 Å². The van der Waals surface area contributed by atoms with E-state index in [4.69, 9.17) is 4.98 Å². The van der Waals surface area contributed by atoms with Crippen LogP contribution < -0.4 is 26.3 Å². The lowest BCUT2D eigenvalue weighted by Crippen LogP contribution is -2.62. The van der Waals surface area contributed by atoms with Gasteiger partial charge in [0.2, 0.25) is 0 Å². The highest BCUT2D eigenvalue weighted by Crippen LogP contribution is 2.49. The van der Waals surface area contributed by atoms with E-state index >= 15 is 0 Å². The molecule has 0 bridgehead atoms. The summed E-state index contributed by atoms with van der Waals surface area (Å²) in [4.78, 5) is 11.2. The second kappa shape index (κ2) is 16.1. The first-order valence-electron chi connectivity index (χ1n) is 25.4. The summed E-state index contributed by atoms with van der Waals surface area (Å²) < 4.78 is 2.47. The number of rotatable bonds is 4. The molecular weight excluding hydrogens is 836 g/mol. The number of fused-ring (bicyclic) bond motifs is 4. The molecule has 0 saturated heterocycles. The maximum atomic E-state index is 6.04. The van der Waals surface area contributed by atoms with Crippen molar-refractivity contribution in [1.82, 2.24) is 9.55 Å². The van der Waals surface area contributed by atoms with Crippen LogP contribution in [0.4, 0.5) is 34.3 Å². The molecule has 0 radical (unpaired) electrons. The van der Waals surface area contributed by atoms with Gasteiger partial charge in [-0.05, 0) is 144 Å². The summed E-state index contributed by atoms with van der Waals surface area (Å²) in [7, 11) is 0. The SMILES string of the molecule is Cc1cc2c3c(c1)N(c1cc(C(C)(C)C)cc(C(C)(C)C)c1)c1c(nc(-c4ccc(C(C)(C)C)cc4)n1-c1ccccc1)B3c1cc(C(C)(C)C)ccc1N2c1cc(C(C)(C)C)cc(C(C)(C)C)c1. The average Bonchev–Trinajstić information content (AvgIpc) is 3.64. The molecule has 2 aliphatic heterocycles. The van der Waals surface area contributed by atoms with Crippen LogP contribution in [-0.4, -0.2) is 16.3 Å². The number of para-hydroxylation sites is 1. The molecule has 69 heavy (non-hydrogen) atoms. The highest BCUT2D eigenvalue weighted by Gasteiger charge is 2.48. The molecule has 0 N–H and O–H groups in total. The third kappa shape index (κ3) is 8.67. The van der Waals surface area contributed by atoms with Crippen LogP contribution >= 0.6 is 0 Å². The highest BCUT2D eigenvalue weighted by molar-refractivity contribution is 7.00. The second-order valence-electron chi connectivity index (χ2n) is 26.5. The van der Waals surface area contributed by atoms with Crippen molar-refractivity contribution in [2.45, 2.75) is 164 Å². The van der Waals surface area contributed by atoms with Gasteiger partial charge in [-0.15, -0.1) is 0 Å². The van der Waals surface area contributed by atoms with Gasteiger partial charge in [-0.25, -0.2) is 4.98 Å². The number of aromatic nitrogens is 2. The largest absolute Gasteiger partial charge is 0.311 e. The van der Waals surface area contributed by atoms with Gasteiger partial charge in [0.25, 0.3) is 6.71 Å². The summed E-state index contributed by atoms with van der Waals surface area (Å²) in [5.41, 5.74) is 20.5. The predicted octanol–water partition coefficient (Wildman–Crippen LogP) is 15.7. The molecule has 4 nitrogen and oxygen atoms in total. The maximum Gasteiger partial charge on any atom is 0.277 e. The zero-order valence-corrected chi connectivity index (χ0v) is 45.4. The number of hydrogen-bond donors (Lipinski definition) is 0. The van der Waals surface area contributed by atoms with E-state index in [1.807, 2.05) is 0 Å². The van der Waals surface area contributed by atoms with E-state index in [1.165, 1.54) is 72.6 Å². The number of anilines is 6. The quantitative estimate of drug-likeness (QED) is 0.164. The fourth-order valence-corrected chi connectivity index (χ4v) is 10.3. The summed E-state index contributed by atoms with van der Waals surface area (Å²) in [5, 5.41) is 0. The Hall–Kier alpha value is -5.81. The summed E-state index contributed by atoms with van der Waals surface area (Å²) in [6.07, 6.45) is 0. The monoisotopic (exact) mass is 913 g/mol. The van der Waals surface area contributed by atoms with Gasteiger partial charge >= 0.3 is 0 Å². The molecule has 0 saturated carbocycles. The molecule has 0 atom stereocenters.